The summed E-state index contributed by atoms with van der Waals surface area (Å²) in [4.78, 5) is 43.4. The lowest BCUT2D eigenvalue weighted by atomic mass is 9.85. The highest BCUT2D eigenvalue weighted by Crippen LogP contribution is 2.40. The van der Waals surface area contributed by atoms with Crippen LogP contribution in [0.5, 0.6) is 0 Å². The Morgan fingerprint density at radius 3 is 1.88 bits per heavy atom. The molecule has 1 N–H and O–H groups in total. The molecule has 174 valence electrons. The second-order valence-electron chi connectivity index (χ2n) is 7.26. The fourth-order valence-corrected chi connectivity index (χ4v) is 5.21. The number of nitrogens with one attached hydrogen (secondary N) is 1. The topological polar surface area (TPSA) is 126 Å². The van der Waals surface area contributed by atoms with Crippen molar-refractivity contribution in [3.63, 3.8) is 0 Å². The van der Waals surface area contributed by atoms with Gasteiger partial charge in [0, 0.05) is 35.0 Å². The zero-order valence-corrected chi connectivity index (χ0v) is 19.2. The number of aromatic nitrogens is 2. The van der Waals surface area contributed by atoms with Crippen LogP contribution in [0.3, 0.4) is 0 Å². The number of thioether (sulfide) groups is 1. The molecule has 1 aliphatic carbocycles. The van der Waals surface area contributed by atoms with Crippen molar-refractivity contribution < 1.29 is 38.1 Å². The molecule has 2 aromatic rings. The van der Waals surface area contributed by atoms with Crippen LogP contribution >= 0.6 is 11.8 Å². The predicted octanol–water partition coefficient (Wildman–Crippen LogP) is 1.86. The van der Waals surface area contributed by atoms with Crippen molar-refractivity contribution >= 4 is 40.7 Å². The average molecular weight is 467 g/mol. The van der Waals surface area contributed by atoms with Crippen LogP contribution in [0, 0.1) is 0 Å². The summed E-state index contributed by atoms with van der Waals surface area (Å²) >= 11 is 1.26. The lowest BCUT2D eigenvalue weighted by molar-refractivity contribution is -0.223. The number of benzene rings is 1. The van der Waals surface area contributed by atoms with Crippen molar-refractivity contribution in [2.45, 2.75) is 61.7 Å². The van der Waals surface area contributed by atoms with Gasteiger partial charge < -0.3 is 28.7 Å². The molecule has 1 heterocycles. The molecule has 1 aromatic heterocycles. The smallest absolute Gasteiger partial charge is 0.303 e. The number of hydrogen-bond donors (Lipinski definition) is 1. The highest BCUT2D eigenvalue weighted by atomic mass is 32.2. The Kier molecular flexibility index (Phi) is 7.75. The van der Waals surface area contributed by atoms with Gasteiger partial charge in [-0.3, -0.25) is 14.4 Å². The summed E-state index contributed by atoms with van der Waals surface area (Å²) in [6.45, 7) is 3.75. The molecule has 1 unspecified atom stereocenters. The van der Waals surface area contributed by atoms with Gasteiger partial charge >= 0.3 is 17.9 Å². The molecule has 0 aliphatic heterocycles. The number of fused-ring (bicyclic) bond motifs is 1. The predicted molar refractivity (Wildman–Crippen MR) is 114 cm³/mol. The van der Waals surface area contributed by atoms with Gasteiger partial charge in [-0.05, 0) is 12.1 Å². The Morgan fingerprint density at radius 2 is 1.34 bits per heavy atom. The SMILES string of the molecule is CO[C@H]1[C@H](OC(C)=O)[C@@H](OC(C)=O)[C@H](OC)C(Sc2nc3ccccc3[nH]2)[C@H]1OC(C)=O. The first-order valence-electron chi connectivity index (χ1n) is 9.93. The maximum absolute atomic E-state index is 12.0. The van der Waals surface area contributed by atoms with E-state index in [0.717, 1.165) is 11.0 Å². The lowest BCUT2D eigenvalue weighted by Gasteiger charge is -2.47. The number of hydrogen-bond acceptors (Lipinski definition) is 10. The molecule has 0 saturated heterocycles. The maximum atomic E-state index is 12.0. The van der Waals surface area contributed by atoms with E-state index in [4.69, 9.17) is 23.7 Å². The molecule has 6 atom stereocenters. The number of rotatable bonds is 7. The number of nitrogens with zero attached hydrogens (tertiary/aromatic N) is 1. The fourth-order valence-electron chi connectivity index (χ4n) is 3.88. The molecular weight excluding hydrogens is 440 g/mol. The summed E-state index contributed by atoms with van der Waals surface area (Å²) in [6.07, 6.45) is -4.67. The first-order chi connectivity index (χ1) is 15.2. The summed E-state index contributed by atoms with van der Waals surface area (Å²) < 4.78 is 27.9. The highest BCUT2D eigenvalue weighted by Gasteiger charge is 2.57. The molecule has 1 fully saturated rings. The molecule has 0 spiro atoms. The van der Waals surface area contributed by atoms with Gasteiger partial charge in [0.25, 0.3) is 0 Å². The lowest BCUT2D eigenvalue weighted by Crippen LogP contribution is -2.66. The van der Waals surface area contributed by atoms with Gasteiger partial charge in [-0.1, -0.05) is 23.9 Å². The van der Waals surface area contributed by atoms with Crippen LogP contribution < -0.4 is 0 Å². The number of carbonyl (C=O) groups excluding carboxylic acids is 3. The molecule has 3 rings (SSSR count). The monoisotopic (exact) mass is 466 g/mol. The number of methoxy groups -OCH3 is 2. The van der Waals surface area contributed by atoms with Crippen molar-refractivity contribution in [2.24, 2.45) is 0 Å². The van der Waals surface area contributed by atoms with Crippen molar-refractivity contribution in [3.05, 3.63) is 24.3 Å². The Bertz CT molecular complexity index is 947. The highest BCUT2D eigenvalue weighted by molar-refractivity contribution is 7.99. The minimum Gasteiger partial charge on any atom is -0.458 e. The van der Waals surface area contributed by atoms with E-state index in [0.29, 0.717) is 5.16 Å². The van der Waals surface area contributed by atoms with Gasteiger partial charge in [0.1, 0.15) is 18.3 Å². The number of H-pyrrole nitrogens is 1. The van der Waals surface area contributed by atoms with Gasteiger partial charge in [0.2, 0.25) is 0 Å². The van der Waals surface area contributed by atoms with Gasteiger partial charge in [-0.15, -0.1) is 0 Å². The number of aromatic amines is 1. The zero-order valence-electron chi connectivity index (χ0n) is 18.4. The number of ether oxygens (including phenoxy) is 5. The Hall–Kier alpha value is -2.63. The van der Waals surface area contributed by atoms with Crippen LogP contribution in [0.15, 0.2) is 29.4 Å². The number of imidazole rings is 1. The number of carbonyl (C=O) groups is 3. The fraction of sp³-hybridized carbons (Fsp3) is 0.524. The van der Waals surface area contributed by atoms with E-state index in [1.807, 2.05) is 24.3 Å². The molecule has 32 heavy (non-hydrogen) atoms. The molecule has 0 amide bonds. The van der Waals surface area contributed by atoms with Crippen LogP contribution in [0.4, 0.5) is 0 Å². The minimum atomic E-state index is -1.05. The van der Waals surface area contributed by atoms with Crippen LogP contribution in [0.2, 0.25) is 0 Å². The standard InChI is InChI=1S/C21H26N2O8S/c1-10(24)29-16-15(27-4)19(31-12(3)26)20(18(28-5)17(16)30-11(2)25)32-21-22-13-8-6-7-9-14(13)23-21/h6-9,15-20H,1-5H3,(H,22,23)/t15-,16-,17+,18-,19-,20?/m0/s1. The van der Waals surface area contributed by atoms with Crippen LogP contribution in [0.1, 0.15) is 20.8 Å². The van der Waals surface area contributed by atoms with Crippen LogP contribution in [0.25, 0.3) is 11.0 Å². The van der Waals surface area contributed by atoms with Crippen molar-refractivity contribution in [2.75, 3.05) is 14.2 Å². The molecule has 10 nitrogen and oxygen atoms in total. The van der Waals surface area contributed by atoms with E-state index >= 15 is 0 Å². The van der Waals surface area contributed by atoms with E-state index < -0.39 is 53.7 Å². The van der Waals surface area contributed by atoms with E-state index in [-0.39, 0.29) is 0 Å². The van der Waals surface area contributed by atoms with Gasteiger partial charge in [-0.2, -0.15) is 0 Å². The maximum Gasteiger partial charge on any atom is 0.303 e. The normalized spacial score (nSPS) is 27.7. The van der Waals surface area contributed by atoms with E-state index in [9.17, 15) is 14.4 Å². The second kappa shape index (κ2) is 10.3. The van der Waals surface area contributed by atoms with E-state index in [1.165, 1.54) is 46.8 Å². The molecule has 0 bridgehead atoms. The summed E-state index contributed by atoms with van der Waals surface area (Å²) in [5.41, 5.74) is 1.60. The second-order valence-corrected chi connectivity index (χ2v) is 8.43. The third-order valence-corrected chi connectivity index (χ3v) is 6.23. The summed E-state index contributed by atoms with van der Waals surface area (Å²) in [5.74, 6) is -1.73. The molecule has 1 aliphatic rings. The molecule has 1 saturated carbocycles. The summed E-state index contributed by atoms with van der Waals surface area (Å²) in [7, 11) is 2.84. The van der Waals surface area contributed by atoms with Crippen molar-refractivity contribution in [3.8, 4) is 0 Å². The van der Waals surface area contributed by atoms with Crippen molar-refractivity contribution in [1.29, 1.82) is 0 Å². The van der Waals surface area contributed by atoms with Gasteiger partial charge in [0.15, 0.2) is 17.4 Å². The first-order valence-corrected chi connectivity index (χ1v) is 10.8. The molecular formula is C21H26N2O8S. The quantitative estimate of drug-likeness (QED) is 0.477. The van der Waals surface area contributed by atoms with E-state index in [1.54, 1.807) is 0 Å². The van der Waals surface area contributed by atoms with Gasteiger partial charge in [-0.25, -0.2) is 4.98 Å². The third kappa shape index (κ3) is 5.22. The minimum absolute atomic E-state index is 0.547. The Balaban J connectivity index is 2.05. The van der Waals surface area contributed by atoms with E-state index in [2.05, 4.69) is 9.97 Å². The Labute approximate surface area is 189 Å². The number of esters is 3. The zero-order chi connectivity index (χ0) is 23.4. The van der Waals surface area contributed by atoms with Crippen LogP contribution in [-0.4, -0.2) is 77.9 Å². The Morgan fingerprint density at radius 1 is 0.812 bits per heavy atom. The average Bonchev–Trinajstić information content (AvgIpc) is 3.12. The molecule has 1 aromatic carbocycles. The first kappa shape index (κ1) is 24.0. The van der Waals surface area contributed by atoms with Gasteiger partial charge in [0.05, 0.1) is 16.3 Å². The third-order valence-electron chi connectivity index (χ3n) is 5.01. The van der Waals surface area contributed by atoms with Crippen LogP contribution in [-0.2, 0) is 38.1 Å². The number of para-hydroxylation sites is 2. The molecule has 0 radical (unpaired) electrons. The molecule has 11 heteroatoms. The summed E-state index contributed by atoms with van der Waals surface area (Å²) in [6, 6.07) is 7.52. The van der Waals surface area contributed by atoms with Crippen molar-refractivity contribution in [1.82, 2.24) is 9.97 Å². The summed E-state index contributed by atoms with van der Waals surface area (Å²) in [5, 5.41) is -0.0525. The largest absolute Gasteiger partial charge is 0.458 e.